The average Bonchev–Trinajstić information content (AvgIpc) is 3.73. The van der Waals surface area contributed by atoms with Crippen molar-refractivity contribution in [3.8, 4) is 11.1 Å². The summed E-state index contributed by atoms with van der Waals surface area (Å²) in [5.41, 5.74) is 5.26. The number of benzene rings is 3. The van der Waals surface area contributed by atoms with Crippen LogP contribution < -0.4 is 10.2 Å². The van der Waals surface area contributed by atoms with Crippen molar-refractivity contribution in [1.82, 2.24) is 19.7 Å². The zero-order chi connectivity index (χ0) is 34.1. The molecule has 11 heteroatoms. The lowest BCUT2D eigenvalue weighted by atomic mass is 9.94. The molecule has 1 aliphatic heterocycles. The molecule has 1 amide bonds. The zero-order valence-electron chi connectivity index (χ0n) is 27.4. The van der Waals surface area contributed by atoms with Crippen molar-refractivity contribution in [3.05, 3.63) is 125 Å². The molecule has 0 radical (unpaired) electrons. The molecule has 0 saturated heterocycles. The van der Waals surface area contributed by atoms with E-state index >= 15 is 0 Å². The lowest BCUT2D eigenvalue weighted by Gasteiger charge is -2.31. The van der Waals surface area contributed by atoms with Gasteiger partial charge >= 0.3 is 5.97 Å². The molecule has 3 aromatic carbocycles. The van der Waals surface area contributed by atoms with Crippen LogP contribution in [0.25, 0.3) is 21.3 Å². The van der Waals surface area contributed by atoms with Crippen molar-refractivity contribution in [2.45, 2.75) is 52.3 Å². The first-order valence-corrected chi connectivity index (χ1v) is 17.0. The van der Waals surface area contributed by atoms with Gasteiger partial charge in [-0.15, -0.1) is 0 Å². The fourth-order valence-electron chi connectivity index (χ4n) is 5.94. The van der Waals surface area contributed by atoms with Crippen molar-refractivity contribution >= 4 is 44.4 Å². The molecule has 6 aromatic rings. The van der Waals surface area contributed by atoms with Crippen molar-refractivity contribution in [1.29, 1.82) is 0 Å². The van der Waals surface area contributed by atoms with Gasteiger partial charge in [-0.2, -0.15) is 5.10 Å². The number of hydrogen-bond donors (Lipinski definition) is 1. The van der Waals surface area contributed by atoms with Gasteiger partial charge in [0.2, 0.25) is 0 Å². The second kappa shape index (κ2) is 13.2. The quantitative estimate of drug-likeness (QED) is 0.165. The molecule has 49 heavy (non-hydrogen) atoms. The molecule has 1 N–H and O–H groups in total. The summed E-state index contributed by atoms with van der Waals surface area (Å²) >= 11 is 1.44. The first-order valence-electron chi connectivity index (χ1n) is 16.1. The van der Waals surface area contributed by atoms with Crippen molar-refractivity contribution in [2.75, 3.05) is 16.8 Å². The number of para-hydroxylation sites is 1. The highest BCUT2D eigenvalue weighted by Gasteiger charge is 2.27. The summed E-state index contributed by atoms with van der Waals surface area (Å²) in [6.45, 7) is 7.16. The molecule has 4 heterocycles. The number of aryl methyl sites for hydroxylation is 2. The molecule has 248 valence electrons. The SMILES string of the molecule is CC(C)(C)OC(=O)c1nc(N2CCc3cccc(C(=O)Nc4nc5ccccc5s4)c3C2)ccc1-c1cnn(CCc2ccc(F)cc2)c1. The standard InChI is InChI=1S/C38H35FN6O3S/c1-38(2,3)48-36(47)34-28(26-21-40-45(22-26)20-17-24-11-13-27(39)14-12-24)15-16-33(42-34)44-19-18-25-7-6-8-29(30(25)23-44)35(46)43-37-41-31-9-4-5-10-32(31)49-37/h4-16,21-22H,17-20,23H2,1-3H3,(H,41,43,46). The Morgan fingerprint density at radius 3 is 2.59 bits per heavy atom. The van der Waals surface area contributed by atoms with E-state index in [0.29, 0.717) is 54.6 Å². The summed E-state index contributed by atoms with van der Waals surface area (Å²) in [6, 6.07) is 23.8. The van der Waals surface area contributed by atoms with E-state index < -0.39 is 11.6 Å². The van der Waals surface area contributed by atoms with Gasteiger partial charge < -0.3 is 9.64 Å². The number of rotatable bonds is 8. The van der Waals surface area contributed by atoms with Crippen LogP contribution in [0, 0.1) is 5.82 Å². The van der Waals surface area contributed by atoms with Gasteiger partial charge in [0.25, 0.3) is 5.91 Å². The number of nitrogens with one attached hydrogen (secondary N) is 1. The zero-order valence-corrected chi connectivity index (χ0v) is 28.3. The number of ether oxygens (including phenoxy) is 1. The number of anilines is 2. The third kappa shape index (κ3) is 7.22. The maximum atomic E-state index is 13.6. The molecular weight excluding hydrogens is 640 g/mol. The Kier molecular flexibility index (Phi) is 8.68. The van der Waals surface area contributed by atoms with Crippen LogP contribution in [-0.4, -0.2) is 43.8 Å². The van der Waals surface area contributed by atoms with E-state index in [4.69, 9.17) is 9.72 Å². The largest absolute Gasteiger partial charge is 0.455 e. The van der Waals surface area contributed by atoms with Gasteiger partial charge in [0, 0.05) is 42.5 Å². The van der Waals surface area contributed by atoms with E-state index in [0.717, 1.165) is 32.5 Å². The molecule has 3 aromatic heterocycles. The minimum absolute atomic E-state index is 0.193. The fourth-order valence-corrected chi connectivity index (χ4v) is 6.80. The van der Waals surface area contributed by atoms with Gasteiger partial charge in [0.05, 0.1) is 16.4 Å². The maximum absolute atomic E-state index is 13.6. The Morgan fingerprint density at radius 1 is 0.980 bits per heavy atom. The number of amides is 1. The molecule has 0 unspecified atom stereocenters. The minimum atomic E-state index is -0.721. The van der Waals surface area contributed by atoms with Crippen LogP contribution in [0.3, 0.4) is 0 Å². The van der Waals surface area contributed by atoms with E-state index in [1.165, 1.54) is 23.5 Å². The highest BCUT2D eigenvalue weighted by Crippen LogP contribution is 2.32. The topological polar surface area (TPSA) is 102 Å². The van der Waals surface area contributed by atoms with E-state index in [9.17, 15) is 14.0 Å². The van der Waals surface area contributed by atoms with Crippen molar-refractivity contribution < 1.29 is 18.7 Å². The molecular formula is C38H35FN6O3S. The van der Waals surface area contributed by atoms with Crippen LogP contribution in [0.4, 0.5) is 15.3 Å². The number of halogens is 1. The van der Waals surface area contributed by atoms with E-state index in [2.05, 4.69) is 26.4 Å². The van der Waals surface area contributed by atoms with E-state index in [-0.39, 0.29) is 17.4 Å². The number of fused-ring (bicyclic) bond motifs is 2. The van der Waals surface area contributed by atoms with Gasteiger partial charge in [-0.1, -0.05) is 47.7 Å². The molecule has 7 rings (SSSR count). The van der Waals surface area contributed by atoms with Gasteiger partial charge in [-0.3, -0.25) is 14.8 Å². The number of pyridine rings is 1. The highest BCUT2D eigenvalue weighted by atomic mass is 32.1. The summed E-state index contributed by atoms with van der Waals surface area (Å²) < 4.78 is 21.9. The number of nitrogens with zero attached hydrogens (tertiary/aromatic N) is 5. The lowest BCUT2D eigenvalue weighted by Crippen LogP contribution is -2.33. The van der Waals surface area contributed by atoms with Gasteiger partial charge in [-0.25, -0.2) is 19.2 Å². The van der Waals surface area contributed by atoms with Crippen LogP contribution in [0.2, 0.25) is 0 Å². The molecule has 0 spiro atoms. The van der Waals surface area contributed by atoms with Gasteiger partial charge in [0.1, 0.15) is 17.2 Å². The molecule has 0 fully saturated rings. The first-order chi connectivity index (χ1) is 23.6. The van der Waals surface area contributed by atoms with Gasteiger partial charge in [0.15, 0.2) is 10.8 Å². The summed E-state index contributed by atoms with van der Waals surface area (Å²) in [4.78, 5) is 38.7. The van der Waals surface area contributed by atoms with Crippen LogP contribution in [0.1, 0.15) is 58.3 Å². The summed E-state index contributed by atoms with van der Waals surface area (Å²) in [5, 5.41) is 8.06. The summed E-state index contributed by atoms with van der Waals surface area (Å²) in [6.07, 6.45) is 4.97. The predicted octanol–water partition coefficient (Wildman–Crippen LogP) is 7.71. The van der Waals surface area contributed by atoms with Crippen LogP contribution in [0.15, 0.2) is 91.3 Å². The van der Waals surface area contributed by atoms with Crippen molar-refractivity contribution in [2.24, 2.45) is 0 Å². The number of carbonyl (C=O) groups excluding carboxylic acids is 2. The minimum Gasteiger partial charge on any atom is -0.455 e. The molecule has 0 atom stereocenters. The van der Waals surface area contributed by atoms with E-state index in [1.807, 2.05) is 75.5 Å². The second-order valence-electron chi connectivity index (χ2n) is 13.0. The Bertz CT molecular complexity index is 2140. The van der Waals surface area contributed by atoms with Crippen LogP contribution >= 0.6 is 11.3 Å². The summed E-state index contributed by atoms with van der Waals surface area (Å²) in [5.74, 6) is -0.403. The average molecular weight is 675 g/mol. The third-order valence-corrected chi connectivity index (χ3v) is 9.27. The van der Waals surface area contributed by atoms with Gasteiger partial charge in [-0.05, 0) is 92.8 Å². The summed E-state index contributed by atoms with van der Waals surface area (Å²) in [7, 11) is 0. The Morgan fingerprint density at radius 2 is 1.80 bits per heavy atom. The Labute approximate surface area is 287 Å². The number of aromatic nitrogens is 4. The van der Waals surface area contributed by atoms with Crippen LogP contribution in [-0.2, 0) is 30.7 Å². The predicted molar refractivity (Wildman–Crippen MR) is 189 cm³/mol. The Hall–Kier alpha value is -5.42. The fraction of sp³-hybridized carbons (Fsp3) is 0.237. The number of carbonyl (C=O) groups is 2. The van der Waals surface area contributed by atoms with E-state index in [1.54, 1.807) is 23.0 Å². The Balaban J connectivity index is 1.14. The second-order valence-corrected chi connectivity index (χ2v) is 14.0. The monoisotopic (exact) mass is 674 g/mol. The molecule has 0 bridgehead atoms. The number of esters is 1. The first kappa shape index (κ1) is 32.1. The molecule has 0 saturated carbocycles. The normalized spacial score (nSPS) is 12.9. The van der Waals surface area contributed by atoms with Crippen molar-refractivity contribution in [3.63, 3.8) is 0 Å². The maximum Gasteiger partial charge on any atom is 0.358 e. The third-order valence-electron chi connectivity index (χ3n) is 8.32. The smallest absolute Gasteiger partial charge is 0.358 e. The number of thiazole rings is 1. The molecule has 1 aliphatic rings. The lowest BCUT2D eigenvalue weighted by molar-refractivity contribution is 0.00638. The molecule has 9 nitrogen and oxygen atoms in total. The highest BCUT2D eigenvalue weighted by molar-refractivity contribution is 7.22. The molecule has 0 aliphatic carbocycles. The number of hydrogen-bond acceptors (Lipinski definition) is 8. The van der Waals surface area contributed by atoms with Crippen LogP contribution in [0.5, 0.6) is 0 Å².